The van der Waals surface area contributed by atoms with Crippen LogP contribution in [0.5, 0.6) is 0 Å². The van der Waals surface area contributed by atoms with Gasteiger partial charge in [0, 0.05) is 16.7 Å². The number of aromatic nitrogens is 3. The Balaban J connectivity index is 1.94. The topological polar surface area (TPSA) is 38.7 Å². The van der Waals surface area contributed by atoms with Crippen molar-refractivity contribution in [2.45, 2.75) is 6.92 Å². The van der Waals surface area contributed by atoms with Crippen LogP contribution in [0.3, 0.4) is 0 Å². The molecule has 4 aromatic rings. The zero-order chi connectivity index (χ0) is 17.1. The first kappa shape index (κ1) is 15.2. The van der Waals surface area contributed by atoms with Crippen molar-refractivity contribution in [3.63, 3.8) is 0 Å². The lowest BCUT2D eigenvalue weighted by Gasteiger charge is -2.09. The highest BCUT2D eigenvalue weighted by Gasteiger charge is 2.12. The van der Waals surface area contributed by atoms with E-state index in [9.17, 15) is 0 Å². The normalized spacial score (nSPS) is 10.6. The second-order valence-corrected chi connectivity index (χ2v) is 5.85. The van der Waals surface area contributed by atoms with Crippen LogP contribution in [0.15, 0.2) is 84.9 Å². The van der Waals surface area contributed by atoms with Crippen molar-refractivity contribution in [3.05, 3.63) is 90.5 Å². The van der Waals surface area contributed by atoms with Gasteiger partial charge in [-0.25, -0.2) is 15.0 Å². The van der Waals surface area contributed by atoms with Crippen LogP contribution in [0.2, 0.25) is 0 Å². The molecule has 0 aliphatic heterocycles. The molecule has 1 aromatic heterocycles. The summed E-state index contributed by atoms with van der Waals surface area (Å²) in [4.78, 5) is 14.2. The van der Waals surface area contributed by atoms with Crippen LogP contribution >= 0.6 is 0 Å². The quantitative estimate of drug-likeness (QED) is 0.521. The number of hydrogen-bond acceptors (Lipinski definition) is 3. The Morgan fingerprint density at radius 2 is 0.920 bits per heavy atom. The third kappa shape index (κ3) is 3.17. The summed E-state index contributed by atoms with van der Waals surface area (Å²) in [5, 5.41) is 0. The number of hydrogen-bond donors (Lipinski definition) is 0. The molecule has 0 saturated heterocycles. The van der Waals surface area contributed by atoms with Gasteiger partial charge in [-0.2, -0.15) is 0 Å². The SMILES string of the molecule is Cc1ccccc1-c1nc(-c2ccccc2)nc(-c2ccccc2)n1. The molecular weight excluding hydrogens is 306 g/mol. The largest absolute Gasteiger partial charge is 0.208 e. The summed E-state index contributed by atoms with van der Waals surface area (Å²) < 4.78 is 0. The van der Waals surface area contributed by atoms with Gasteiger partial charge in [0.1, 0.15) is 0 Å². The van der Waals surface area contributed by atoms with Crippen LogP contribution in [0, 0.1) is 6.92 Å². The maximum atomic E-state index is 4.74. The lowest BCUT2D eigenvalue weighted by molar-refractivity contribution is 1.07. The predicted molar refractivity (Wildman–Crippen MR) is 101 cm³/mol. The Kier molecular flexibility index (Phi) is 4.05. The lowest BCUT2D eigenvalue weighted by atomic mass is 10.1. The smallest absolute Gasteiger partial charge is 0.164 e. The standard InChI is InChI=1S/C22H17N3/c1-16-10-8-9-15-19(16)22-24-20(17-11-4-2-5-12-17)23-21(25-22)18-13-6-3-7-14-18/h2-15H,1H3. The van der Waals surface area contributed by atoms with Crippen molar-refractivity contribution >= 4 is 0 Å². The molecule has 0 atom stereocenters. The maximum absolute atomic E-state index is 4.74. The zero-order valence-corrected chi connectivity index (χ0v) is 13.9. The van der Waals surface area contributed by atoms with Crippen molar-refractivity contribution in [1.82, 2.24) is 15.0 Å². The summed E-state index contributed by atoms with van der Waals surface area (Å²) in [6.07, 6.45) is 0. The molecule has 1 heterocycles. The predicted octanol–water partition coefficient (Wildman–Crippen LogP) is 5.18. The third-order valence-corrected chi connectivity index (χ3v) is 4.09. The molecule has 0 radical (unpaired) electrons. The molecule has 0 fully saturated rings. The first-order chi connectivity index (χ1) is 12.3. The van der Waals surface area contributed by atoms with Crippen molar-refractivity contribution in [3.8, 4) is 34.2 Å². The van der Waals surface area contributed by atoms with Crippen LogP contribution in [0.25, 0.3) is 34.2 Å². The molecule has 0 aliphatic carbocycles. The minimum absolute atomic E-state index is 0.688. The fourth-order valence-electron chi connectivity index (χ4n) is 2.75. The van der Waals surface area contributed by atoms with E-state index in [1.807, 2.05) is 78.9 Å². The van der Waals surface area contributed by atoms with Crippen LogP contribution in [-0.2, 0) is 0 Å². The van der Waals surface area contributed by atoms with E-state index < -0.39 is 0 Å². The van der Waals surface area contributed by atoms with E-state index in [2.05, 4.69) is 13.0 Å². The fraction of sp³-hybridized carbons (Fsp3) is 0.0455. The highest BCUT2D eigenvalue weighted by molar-refractivity contribution is 5.67. The molecule has 0 saturated carbocycles. The lowest BCUT2D eigenvalue weighted by Crippen LogP contribution is -2.00. The maximum Gasteiger partial charge on any atom is 0.164 e. The molecule has 0 unspecified atom stereocenters. The Bertz CT molecular complexity index is 938. The van der Waals surface area contributed by atoms with Gasteiger partial charge >= 0.3 is 0 Å². The van der Waals surface area contributed by atoms with Gasteiger partial charge in [-0.1, -0.05) is 84.9 Å². The highest BCUT2D eigenvalue weighted by Crippen LogP contribution is 2.25. The Labute approximate surface area is 147 Å². The van der Waals surface area contributed by atoms with Gasteiger partial charge in [0.2, 0.25) is 0 Å². The van der Waals surface area contributed by atoms with Crippen LogP contribution in [0.4, 0.5) is 0 Å². The van der Waals surface area contributed by atoms with E-state index in [-0.39, 0.29) is 0 Å². The molecule has 3 heteroatoms. The monoisotopic (exact) mass is 323 g/mol. The second-order valence-electron chi connectivity index (χ2n) is 5.85. The van der Waals surface area contributed by atoms with Crippen LogP contribution in [0.1, 0.15) is 5.56 Å². The van der Waals surface area contributed by atoms with Crippen LogP contribution in [-0.4, -0.2) is 15.0 Å². The molecule has 0 N–H and O–H groups in total. The summed E-state index contributed by atoms with van der Waals surface area (Å²) in [5.41, 5.74) is 4.14. The minimum Gasteiger partial charge on any atom is -0.208 e. The molecule has 120 valence electrons. The average Bonchev–Trinajstić information content (AvgIpc) is 2.69. The molecule has 0 aliphatic rings. The third-order valence-electron chi connectivity index (χ3n) is 4.09. The second kappa shape index (κ2) is 6.65. The van der Waals surface area contributed by atoms with Crippen molar-refractivity contribution in [2.24, 2.45) is 0 Å². The Morgan fingerprint density at radius 1 is 0.480 bits per heavy atom. The van der Waals surface area contributed by atoms with E-state index in [1.165, 1.54) is 0 Å². The van der Waals surface area contributed by atoms with Crippen molar-refractivity contribution < 1.29 is 0 Å². The van der Waals surface area contributed by atoms with E-state index in [1.54, 1.807) is 0 Å². The summed E-state index contributed by atoms with van der Waals surface area (Å²) in [7, 11) is 0. The van der Waals surface area contributed by atoms with Gasteiger partial charge in [0.25, 0.3) is 0 Å². The van der Waals surface area contributed by atoms with E-state index >= 15 is 0 Å². The molecule has 3 nitrogen and oxygen atoms in total. The van der Waals surface area contributed by atoms with Gasteiger partial charge in [-0.3, -0.25) is 0 Å². The van der Waals surface area contributed by atoms with E-state index in [0.717, 1.165) is 22.3 Å². The van der Waals surface area contributed by atoms with Gasteiger partial charge in [0.05, 0.1) is 0 Å². The van der Waals surface area contributed by atoms with Crippen LogP contribution < -0.4 is 0 Å². The molecule has 0 spiro atoms. The molecular formula is C22H17N3. The number of benzene rings is 3. The molecule has 25 heavy (non-hydrogen) atoms. The summed E-state index contributed by atoms with van der Waals surface area (Å²) in [5.74, 6) is 2.08. The molecule has 3 aromatic carbocycles. The molecule has 4 rings (SSSR count). The Hall–Kier alpha value is -3.33. The van der Waals surface area contributed by atoms with E-state index in [4.69, 9.17) is 15.0 Å². The fourth-order valence-corrected chi connectivity index (χ4v) is 2.75. The van der Waals surface area contributed by atoms with E-state index in [0.29, 0.717) is 17.5 Å². The van der Waals surface area contributed by atoms with Gasteiger partial charge in [0.15, 0.2) is 17.5 Å². The summed E-state index contributed by atoms with van der Waals surface area (Å²) in [6, 6.07) is 28.2. The molecule has 0 amide bonds. The Morgan fingerprint density at radius 3 is 1.44 bits per heavy atom. The average molecular weight is 323 g/mol. The zero-order valence-electron chi connectivity index (χ0n) is 13.9. The first-order valence-electron chi connectivity index (χ1n) is 8.24. The molecule has 0 bridgehead atoms. The number of nitrogens with zero attached hydrogens (tertiary/aromatic N) is 3. The van der Waals surface area contributed by atoms with Gasteiger partial charge in [-0.15, -0.1) is 0 Å². The van der Waals surface area contributed by atoms with Gasteiger partial charge < -0.3 is 0 Å². The first-order valence-corrected chi connectivity index (χ1v) is 8.24. The van der Waals surface area contributed by atoms with Crippen molar-refractivity contribution in [1.29, 1.82) is 0 Å². The van der Waals surface area contributed by atoms with Crippen molar-refractivity contribution in [2.75, 3.05) is 0 Å². The highest BCUT2D eigenvalue weighted by atomic mass is 15.0. The summed E-state index contributed by atoms with van der Waals surface area (Å²) in [6.45, 7) is 2.07. The number of aryl methyl sites for hydroxylation is 1. The number of rotatable bonds is 3. The summed E-state index contributed by atoms with van der Waals surface area (Å²) >= 11 is 0. The van der Waals surface area contributed by atoms with Gasteiger partial charge in [-0.05, 0) is 12.5 Å². The minimum atomic E-state index is 0.688.